The molecule has 0 aliphatic heterocycles. The number of pyridine rings is 2. The van der Waals surface area contributed by atoms with Crippen LogP contribution in [0.5, 0.6) is 0 Å². The molecule has 0 radical (unpaired) electrons. The monoisotopic (exact) mass is 794 g/mol. The van der Waals surface area contributed by atoms with E-state index >= 15 is 0 Å². The first kappa shape index (κ1) is 44.8. The quantitative estimate of drug-likeness (QED) is 0.0829. The Labute approximate surface area is 341 Å². The van der Waals surface area contributed by atoms with Crippen molar-refractivity contribution in [3.05, 3.63) is 132 Å². The summed E-state index contributed by atoms with van der Waals surface area (Å²) in [7, 11) is 3.21. The van der Waals surface area contributed by atoms with E-state index < -0.39 is 60.3 Å². The Hall–Kier alpha value is -5.86. The van der Waals surface area contributed by atoms with Crippen LogP contribution in [0, 0.1) is 11.8 Å². The smallest absolute Gasteiger partial charge is 0.318 e. The van der Waals surface area contributed by atoms with Crippen molar-refractivity contribution in [2.24, 2.45) is 11.8 Å². The van der Waals surface area contributed by atoms with Crippen molar-refractivity contribution in [3.63, 3.8) is 0 Å². The molecule has 6 N–H and O–H groups in total. The second kappa shape index (κ2) is 22.2. The van der Waals surface area contributed by atoms with Gasteiger partial charge in [0.05, 0.1) is 36.6 Å². The van der Waals surface area contributed by atoms with Crippen LogP contribution in [0.4, 0.5) is 9.59 Å². The van der Waals surface area contributed by atoms with Gasteiger partial charge in [-0.25, -0.2) is 9.59 Å². The van der Waals surface area contributed by atoms with Gasteiger partial charge in [0.2, 0.25) is 11.8 Å². The predicted octanol–water partition coefficient (Wildman–Crippen LogP) is 3.69. The highest BCUT2D eigenvalue weighted by Gasteiger charge is 2.38. The first-order valence-electron chi connectivity index (χ1n) is 19.6. The zero-order valence-corrected chi connectivity index (χ0v) is 34.2. The third-order valence-electron chi connectivity index (χ3n) is 9.83. The number of rotatable bonds is 19. The SMILES string of the molecule is CC(C)[C@H](NC(=O)N(C)Cc1ccccn1)C(=O)NC(Cc1ccccc1)C(O)C(O)C(Cc1ccccc1)NC(=O)[C@@H](NC(=O)N(C)Cc1ccccn1)C(C)C. The van der Waals surface area contributed by atoms with Crippen LogP contribution >= 0.6 is 0 Å². The summed E-state index contributed by atoms with van der Waals surface area (Å²) < 4.78 is 0. The van der Waals surface area contributed by atoms with E-state index in [1.807, 2.05) is 72.8 Å². The molecule has 0 bridgehead atoms. The molecule has 0 spiro atoms. The lowest BCUT2D eigenvalue weighted by atomic mass is 9.90. The summed E-state index contributed by atoms with van der Waals surface area (Å²) in [4.78, 5) is 66.0. The van der Waals surface area contributed by atoms with Gasteiger partial charge in [-0.15, -0.1) is 0 Å². The Kier molecular flexibility index (Phi) is 17.1. The molecule has 0 aliphatic carbocycles. The van der Waals surface area contributed by atoms with E-state index in [9.17, 15) is 29.4 Å². The lowest BCUT2D eigenvalue weighted by Gasteiger charge is -2.35. The van der Waals surface area contributed by atoms with Crippen LogP contribution in [-0.2, 0) is 35.5 Å². The van der Waals surface area contributed by atoms with E-state index in [-0.39, 0.29) is 37.8 Å². The van der Waals surface area contributed by atoms with Gasteiger partial charge in [-0.3, -0.25) is 19.6 Å². The number of nitrogens with one attached hydrogen (secondary N) is 4. The number of aliphatic hydroxyl groups excluding tert-OH is 2. The minimum absolute atomic E-state index is 0.127. The van der Waals surface area contributed by atoms with Gasteiger partial charge in [0.25, 0.3) is 0 Å². The lowest BCUT2D eigenvalue weighted by molar-refractivity contribution is -0.129. The molecule has 14 heteroatoms. The second-order valence-corrected chi connectivity index (χ2v) is 15.3. The topological polar surface area (TPSA) is 189 Å². The number of aliphatic hydroxyl groups is 2. The number of nitrogens with zero attached hydrogens (tertiary/aromatic N) is 4. The Morgan fingerprint density at radius 2 is 0.879 bits per heavy atom. The average Bonchev–Trinajstić information content (AvgIpc) is 3.21. The first-order valence-corrected chi connectivity index (χ1v) is 19.6. The highest BCUT2D eigenvalue weighted by atomic mass is 16.3. The third-order valence-corrected chi connectivity index (χ3v) is 9.83. The van der Waals surface area contributed by atoms with Gasteiger partial charge in [0.1, 0.15) is 24.3 Å². The number of carbonyl (C=O) groups excluding carboxylic acids is 4. The van der Waals surface area contributed by atoms with Crippen LogP contribution in [0.3, 0.4) is 0 Å². The molecule has 310 valence electrons. The maximum Gasteiger partial charge on any atom is 0.318 e. The molecular weight excluding hydrogens is 737 g/mol. The Bertz CT molecular complexity index is 1730. The van der Waals surface area contributed by atoms with Crippen molar-refractivity contribution in [1.82, 2.24) is 41.0 Å². The zero-order chi connectivity index (χ0) is 42.2. The molecule has 2 aromatic carbocycles. The van der Waals surface area contributed by atoms with Gasteiger partial charge in [-0.1, -0.05) is 100 Å². The average molecular weight is 795 g/mol. The number of urea groups is 2. The maximum absolute atomic E-state index is 14.0. The van der Waals surface area contributed by atoms with Crippen LogP contribution in [0.15, 0.2) is 109 Å². The summed E-state index contributed by atoms with van der Waals surface area (Å²) in [6, 6.07) is 24.2. The first-order chi connectivity index (χ1) is 27.7. The molecule has 6 amide bonds. The molecule has 2 aromatic heterocycles. The highest BCUT2D eigenvalue weighted by Crippen LogP contribution is 2.17. The molecule has 0 saturated heterocycles. The number of hydrogen-bond donors (Lipinski definition) is 6. The van der Waals surface area contributed by atoms with E-state index in [0.29, 0.717) is 11.4 Å². The van der Waals surface area contributed by atoms with Gasteiger partial charge in [0, 0.05) is 26.5 Å². The van der Waals surface area contributed by atoms with Crippen molar-refractivity contribution in [2.75, 3.05) is 14.1 Å². The molecule has 0 saturated carbocycles. The molecular formula is C44H58N8O6. The van der Waals surface area contributed by atoms with Crippen molar-refractivity contribution in [2.45, 2.75) is 90.0 Å². The van der Waals surface area contributed by atoms with Crippen molar-refractivity contribution >= 4 is 23.9 Å². The summed E-state index contributed by atoms with van der Waals surface area (Å²) >= 11 is 0. The Balaban J connectivity index is 1.56. The van der Waals surface area contributed by atoms with Crippen molar-refractivity contribution < 1.29 is 29.4 Å². The van der Waals surface area contributed by atoms with Crippen LogP contribution < -0.4 is 21.3 Å². The van der Waals surface area contributed by atoms with E-state index in [2.05, 4.69) is 31.2 Å². The second-order valence-electron chi connectivity index (χ2n) is 15.3. The van der Waals surface area contributed by atoms with Crippen LogP contribution in [0.1, 0.15) is 50.2 Å². The molecule has 14 nitrogen and oxygen atoms in total. The van der Waals surface area contributed by atoms with E-state index in [0.717, 1.165) is 11.1 Å². The van der Waals surface area contributed by atoms with Gasteiger partial charge in [0.15, 0.2) is 0 Å². The molecule has 0 aliphatic rings. The largest absolute Gasteiger partial charge is 0.388 e. The fourth-order valence-electron chi connectivity index (χ4n) is 6.44. The standard InChI is InChI=1S/C44H58N8O6/c1-29(2)37(49-43(57)51(5)27-33-21-13-15-23-45-33)41(55)47-35(25-31-17-9-7-10-18-31)39(53)40(54)36(26-32-19-11-8-12-20-32)48-42(56)38(30(3)4)50-44(58)52(6)28-34-22-14-16-24-46-34/h7-24,29-30,35-40,53-54H,25-28H2,1-6H3,(H,47,55)(H,48,56)(H,49,57)(H,50,58)/t35?,36?,37-,38-,39?,40?/m0/s1. The molecule has 4 unspecified atom stereocenters. The Morgan fingerprint density at radius 1 is 0.534 bits per heavy atom. The molecule has 6 atom stereocenters. The fraction of sp³-hybridized carbons (Fsp3) is 0.409. The number of benzene rings is 2. The maximum atomic E-state index is 14.0. The normalized spacial score (nSPS) is 14.3. The number of aromatic nitrogens is 2. The Morgan fingerprint density at radius 3 is 1.19 bits per heavy atom. The fourth-order valence-corrected chi connectivity index (χ4v) is 6.44. The van der Waals surface area contributed by atoms with Crippen LogP contribution in [0.25, 0.3) is 0 Å². The summed E-state index contributed by atoms with van der Waals surface area (Å²) in [5, 5.41) is 35.5. The zero-order valence-electron chi connectivity index (χ0n) is 34.2. The minimum Gasteiger partial charge on any atom is -0.388 e. The summed E-state index contributed by atoms with van der Waals surface area (Å²) in [6.45, 7) is 7.63. The molecule has 0 fully saturated rings. The van der Waals surface area contributed by atoms with Gasteiger partial charge in [-0.2, -0.15) is 0 Å². The highest BCUT2D eigenvalue weighted by molar-refractivity contribution is 5.88. The summed E-state index contributed by atoms with van der Waals surface area (Å²) in [5.41, 5.74) is 2.91. The molecule has 4 rings (SSSR count). The van der Waals surface area contributed by atoms with Gasteiger partial charge < -0.3 is 41.3 Å². The van der Waals surface area contributed by atoms with E-state index in [1.54, 1.807) is 78.4 Å². The predicted molar refractivity (Wildman–Crippen MR) is 222 cm³/mol. The number of amides is 6. The van der Waals surface area contributed by atoms with Gasteiger partial charge in [-0.05, 0) is 60.1 Å². The van der Waals surface area contributed by atoms with Gasteiger partial charge >= 0.3 is 12.1 Å². The van der Waals surface area contributed by atoms with Crippen molar-refractivity contribution in [1.29, 1.82) is 0 Å². The minimum atomic E-state index is -1.59. The number of hydrogen-bond acceptors (Lipinski definition) is 8. The molecule has 4 aromatic rings. The summed E-state index contributed by atoms with van der Waals surface area (Å²) in [6.07, 6.45) is 0.347. The number of carbonyl (C=O) groups is 4. The third kappa shape index (κ3) is 13.7. The lowest BCUT2D eigenvalue weighted by Crippen LogP contribution is -2.62. The molecule has 58 heavy (non-hydrogen) atoms. The van der Waals surface area contributed by atoms with Crippen LogP contribution in [0.2, 0.25) is 0 Å². The molecule has 2 heterocycles. The van der Waals surface area contributed by atoms with Crippen molar-refractivity contribution in [3.8, 4) is 0 Å². The summed E-state index contributed by atoms with van der Waals surface area (Å²) in [5.74, 6) is -1.79. The van der Waals surface area contributed by atoms with E-state index in [1.165, 1.54) is 9.80 Å². The van der Waals surface area contributed by atoms with Crippen LogP contribution in [-0.4, -0.2) is 104 Å². The van der Waals surface area contributed by atoms with E-state index in [4.69, 9.17) is 0 Å².